The van der Waals surface area contributed by atoms with Gasteiger partial charge in [0.1, 0.15) is 0 Å². The van der Waals surface area contributed by atoms with Gasteiger partial charge < -0.3 is 36.5 Å². The number of imidazole rings is 4. The molecule has 8 rings (SSSR count). The van der Waals surface area contributed by atoms with Crippen LogP contribution in [-0.4, -0.2) is 18.3 Å². The van der Waals surface area contributed by atoms with Crippen LogP contribution in [0.25, 0.3) is 0 Å². The molecule has 8 nitrogen and oxygen atoms in total. The van der Waals surface area contributed by atoms with Crippen LogP contribution in [0.5, 0.6) is 0 Å². The van der Waals surface area contributed by atoms with E-state index in [2.05, 4.69) is 136 Å². The van der Waals surface area contributed by atoms with Crippen LogP contribution in [0, 0.1) is 25.3 Å². The van der Waals surface area contributed by atoms with E-state index >= 15 is 0 Å². The zero-order valence-corrected chi connectivity index (χ0v) is 32.9. The standard InChI is InChI=1S/C32H28N8.2Ag.2F6P/c1-2-34-14-26-10-30-18-38-6-5-36(23-38)16-28-9-25(13-33(1)21-34)27-11-31(28)19-39-7-8-40(24-39)20-32(30)12-29(26)17-37-4-3-35(15-27)22-37;;;2*1-7(2,3,4,5)6/h1-12H,13-20H2;;;;/q;2*+1;2*-1. The summed E-state index contributed by atoms with van der Waals surface area (Å²) in [5.41, 5.74) is 10.4. The first-order valence-corrected chi connectivity index (χ1v) is 19.9. The molecular formula is C32H28Ag2F12N8P2. The maximum absolute atomic E-state index is 10.7. The molecule has 0 radical (unpaired) electrons. The molecule has 2 aliphatic heterocycles. The second-order valence-electron chi connectivity index (χ2n) is 13.3. The van der Waals surface area contributed by atoms with Crippen molar-refractivity contribution in [2.45, 2.75) is 52.4 Å². The van der Waals surface area contributed by atoms with Crippen molar-refractivity contribution >= 4 is 15.6 Å². The fourth-order valence-corrected chi connectivity index (χ4v) is 6.50. The number of fused-ring (bicyclic) bond motifs is 12. The molecule has 0 fully saturated rings. The minimum atomic E-state index is -10.7. The van der Waals surface area contributed by atoms with E-state index in [1.807, 2.05) is 0 Å². The summed E-state index contributed by atoms with van der Waals surface area (Å²) in [7, 11) is -21.3. The molecule has 6 aromatic rings. The van der Waals surface area contributed by atoms with E-state index in [-0.39, 0.29) is 44.8 Å². The first kappa shape index (κ1) is 43.9. The molecule has 2 aromatic carbocycles. The number of halogens is 12. The Morgan fingerprint density at radius 3 is 0.714 bits per heavy atom. The number of benzene rings is 2. The second kappa shape index (κ2) is 13.7. The molecule has 8 bridgehead atoms. The van der Waals surface area contributed by atoms with Crippen LogP contribution in [0.1, 0.15) is 44.5 Å². The molecule has 0 amide bonds. The number of hydrogen-bond donors (Lipinski definition) is 0. The fraction of sp³-hybridized carbons (Fsp3) is 0.250. The summed E-state index contributed by atoms with van der Waals surface area (Å²) in [5.74, 6) is 0. The van der Waals surface area contributed by atoms with Gasteiger partial charge in [-0.3, -0.25) is 0 Å². The topological polar surface area (TPSA) is 35.2 Å². The van der Waals surface area contributed by atoms with E-state index in [9.17, 15) is 50.4 Å². The van der Waals surface area contributed by atoms with Crippen molar-refractivity contribution in [3.63, 3.8) is 0 Å². The minimum absolute atomic E-state index is 0. The zero-order valence-electron chi connectivity index (χ0n) is 28.2. The Kier molecular flexibility index (Phi) is 10.7. The zero-order chi connectivity index (χ0) is 39.0. The maximum Gasteiger partial charge on any atom is 1.00 e. The molecule has 0 saturated carbocycles. The molecule has 6 heterocycles. The van der Waals surface area contributed by atoms with Crippen molar-refractivity contribution < 1.29 is 113 Å². The van der Waals surface area contributed by atoms with Gasteiger partial charge in [0.25, 0.3) is 0 Å². The Morgan fingerprint density at radius 1 is 0.357 bits per heavy atom. The first-order valence-electron chi connectivity index (χ1n) is 15.9. The van der Waals surface area contributed by atoms with Crippen molar-refractivity contribution in [3.8, 4) is 0 Å². The molecule has 56 heavy (non-hydrogen) atoms. The van der Waals surface area contributed by atoms with Crippen LogP contribution in [0.3, 0.4) is 0 Å². The van der Waals surface area contributed by atoms with Gasteiger partial charge >= 0.3 is 111 Å². The van der Waals surface area contributed by atoms with Crippen molar-refractivity contribution in [1.82, 2.24) is 18.3 Å². The molecule has 0 atom stereocenters. The summed E-state index contributed by atoms with van der Waals surface area (Å²) in [4.78, 5) is 0. The molecular weight excluding hydrogens is 1000 g/mol. The van der Waals surface area contributed by atoms with Crippen LogP contribution in [0.4, 0.5) is 50.4 Å². The van der Waals surface area contributed by atoms with Crippen molar-refractivity contribution in [2.24, 2.45) is 0 Å². The van der Waals surface area contributed by atoms with E-state index in [4.69, 9.17) is 0 Å². The van der Waals surface area contributed by atoms with Crippen LogP contribution in [0.15, 0.2) is 73.8 Å². The van der Waals surface area contributed by atoms with E-state index < -0.39 is 15.6 Å². The van der Waals surface area contributed by atoms with Gasteiger partial charge in [-0.15, -0.1) is 0 Å². The summed E-state index contributed by atoms with van der Waals surface area (Å²) in [6.07, 6.45) is 31.7. The largest absolute Gasteiger partial charge is 1.00 e. The number of nitrogens with zero attached hydrogens (tertiary/aromatic N) is 8. The Balaban J connectivity index is 0.000000324. The molecule has 0 N–H and O–H groups in total. The normalized spacial score (nSPS) is 16.6. The smallest absolute Gasteiger partial charge is 0.347 e. The Morgan fingerprint density at radius 2 is 0.536 bits per heavy atom. The Bertz CT molecular complexity index is 1970. The summed E-state index contributed by atoms with van der Waals surface area (Å²) in [6, 6.07) is 9.61. The van der Waals surface area contributed by atoms with Gasteiger partial charge in [-0.2, -0.15) is 0 Å². The molecule has 2 aliphatic rings. The van der Waals surface area contributed by atoms with Crippen LogP contribution in [-0.2, 0) is 97.1 Å². The quantitative estimate of drug-likeness (QED) is 0.0502. The molecule has 0 aliphatic carbocycles. The van der Waals surface area contributed by atoms with Gasteiger partial charge in [0, 0.05) is 0 Å². The molecule has 4 aromatic heterocycles. The predicted octanol–water partition coefficient (Wildman–Crippen LogP) is 7.33. The monoisotopic (exact) mass is 1030 g/mol. The maximum atomic E-state index is 9.87. The molecule has 0 unspecified atom stereocenters. The second-order valence-corrected chi connectivity index (χ2v) is 17.1. The average Bonchev–Trinajstić information content (AvgIpc) is 3.79. The van der Waals surface area contributed by atoms with E-state index in [1.165, 1.54) is 44.5 Å². The van der Waals surface area contributed by atoms with Gasteiger partial charge in [-0.25, -0.2) is 0 Å². The summed E-state index contributed by atoms with van der Waals surface area (Å²) in [6.45, 7) is 6.10. The number of hydrogen-bond acceptors (Lipinski definition) is 0. The first-order chi connectivity index (χ1) is 24.6. The summed E-state index contributed by atoms with van der Waals surface area (Å²) >= 11 is 0. The minimum Gasteiger partial charge on any atom is -0.347 e. The van der Waals surface area contributed by atoms with Crippen molar-refractivity contribution in [3.05, 3.63) is 144 Å². The fourth-order valence-electron chi connectivity index (χ4n) is 6.50. The van der Waals surface area contributed by atoms with E-state index in [0.717, 1.165) is 52.4 Å². The van der Waals surface area contributed by atoms with Gasteiger partial charge in [0.2, 0.25) is 25.3 Å². The summed E-state index contributed by atoms with van der Waals surface area (Å²) in [5, 5.41) is 0. The predicted molar refractivity (Wildman–Crippen MR) is 167 cm³/mol. The third-order valence-electron chi connectivity index (χ3n) is 8.50. The van der Waals surface area contributed by atoms with E-state index in [0.29, 0.717) is 0 Å². The Hall–Kier alpha value is -3.22. The SMILES string of the molecule is F[P-](F)(F)(F)(F)F.F[P-](F)(F)(F)(F)F.[Ag+].[Ag+].[c-]1n2cc[n+]1Cc1cc3c4cc1C[n+]1[c-]n(cc1)Cc1cc(c(cc1C2)C[n+]1[c-]n(cc1)C3)C[n+]1[c-]n(cc1)C4. The Labute approximate surface area is 341 Å². The number of rotatable bonds is 0. The van der Waals surface area contributed by atoms with Crippen LogP contribution < -0.4 is 18.3 Å². The molecule has 24 heteroatoms. The van der Waals surface area contributed by atoms with E-state index in [1.54, 1.807) is 0 Å². The molecule has 0 spiro atoms. The summed E-state index contributed by atoms with van der Waals surface area (Å²) < 4.78 is 136. The number of aromatic nitrogens is 8. The van der Waals surface area contributed by atoms with Crippen LogP contribution in [0.2, 0.25) is 0 Å². The molecule has 0 saturated heterocycles. The third-order valence-corrected chi connectivity index (χ3v) is 8.50. The average molecular weight is 1030 g/mol. The van der Waals surface area contributed by atoms with Gasteiger partial charge in [-0.1, -0.05) is 0 Å². The molecule has 312 valence electrons. The van der Waals surface area contributed by atoms with Gasteiger partial charge in [0.15, 0.2) is 0 Å². The van der Waals surface area contributed by atoms with Gasteiger partial charge in [0.05, 0.1) is 52.4 Å². The van der Waals surface area contributed by atoms with Crippen LogP contribution >= 0.6 is 15.6 Å². The van der Waals surface area contributed by atoms with Gasteiger partial charge in [-0.05, 0) is 118 Å². The van der Waals surface area contributed by atoms with Crippen molar-refractivity contribution in [2.75, 3.05) is 0 Å². The van der Waals surface area contributed by atoms with Crippen molar-refractivity contribution in [1.29, 1.82) is 0 Å². The third kappa shape index (κ3) is 13.4.